The second kappa shape index (κ2) is 7.94. The molecule has 0 radical (unpaired) electrons. The molecule has 0 aromatic rings. The molecule has 0 aromatic heterocycles. The summed E-state index contributed by atoms with van der Waals surface area (Å²) < 4.78 is 2.16. The van der Waals surface area contributed by atoms with E-state index in [0.717, 1.165) is 12.8 Å². The Morgan fingerprint density at radius 3 is 2.73 bits per heavy atom. The fraction of sp³-hybridized carbons (Fsp3) is 0.750. The van der Waals surface area contributed by atoms with Gasteiger partial charge in [0.15, 0.2) is 0 Å². The van der Waals surface area contributed by atoms with Crippen LogP contribution >= 0.6 is 11.9 Å². The summed E-state index contributed by atoms with van der Waals surface area (Å²) in [6.07, 6.45) is 10.9. The molecule has 0 spiro atoms. The molecule has 0 amide bonds. The molecule has 86 valence electrons. The highest BCUT2D eigenvalue weighted by Crippen LogP contribution is 2.23. The molecular formula is C12H21NOS. The maximum Gasteiger partial charge on any atom is 0.141 e. The van der Waals surface area contributed by atoms with Crippen molar-refractivity contribution in [3.8, 4) is 0 Å². The summed E-state index contributed by atoms with van der Waals surface area (Å²) >= 11 is 1.66. The van der Waals surface area contributed by atoms with E-state index in [2.05, 4.69) is 11.2 Å². The Bertz CT molecular complexity index is 206. The lowest BCUT2D eigenvalue weighted by molar-refractivity contribution is -0.109. The molecule has 1 heterocycles. The first-order chi connectivity index (χ1) is 7.38. The van der Waals surface area contributed by atoms with E-state index in [4.69, 9.17) is 0 Å². The molecule has 0 bridgehead atoms. The Morgan fingerprint density at radius 1 is 1.27 bits per heavy atom. The monoisotopic (exact) mass is 227 g/mol. The van der Waals surface area contributed by atoms with E-state index in [1.165, 1.54) is 38.5 Å². The van der Waals surface area contributed by atoms with Crippen molar-refractivity contribution in [2.45, 2.75) is 51.5 Å². The van der Waals surface area contributed by atoms with Gasteiger partial charge in [-0.15, -0.1) is 0 Å². The standard InChI is InChI=1S/C12H21NOS/c1-2-3-4-5-6-7-9-13-12(11-14)8-10-15-13/h8,10-12H,2-7,9H2,1H3. The molecule has 0 N–H and O–H groups in total. The number of rotatable bonds is 8. The summed E-state index contributed by atoms with van der Waals surface area (Å²) in [5.74, 6) is 0. The lowest BCUT2D eigenvalue weighted by atomic mass is 10.1. The Hall–Kier alpha value is -0.280. The highest BCUT2D eigenvalue weighted by Gasteiger charge is 2.18. The summed E-state index contributed by atoms with van der Waals surface area (Å²) in [6.45, 7) is 3.27. The number of nitrogens with zero attached hydrogens (tertiary/aromatic N) is 1. The molecule has 0 fully saturated rings. The van der Waals surface area contributed by atoms with E-state index in [1.54, 1.807) is 11.9 Å². The largest absolute Gasteiger partial charge is 0.301 e. The lowest BCUT2D eigenvalue weighted by Gasteiger charge is -2.17. The molecule has 2 nitrogen and oxygen atoms in total. The minimum absolute atomic E-state index is 0.0191. The lowest BCUT2D eigenvalue weighted by Crippen LogP contribution is -2.26. The van der Waals surface area contributed by atoms with Crippen molar-refractivity contribution in [1.82, 2.24) is 4.31 Å². The highest BCUT2D eigenvalue weighted by molar-refractivity contribution is 8.00. The second-order valence-electron chi connectivity index (χ2n) is 3.97. The molecule has 3 heteroatoms. The molecule has 0 aliphatic carbocycles. The molecule has 15 heavy (non-hydrogen) atoms. The molecular weight excluding hydrogens is 206 g/mol. The van der Waals surface area contributed by atoms with Crippen LogP contribution in [-0.4, -0.2) is 23.2 Å². The zero-order valence-electron chi connectivity index (χ0n) is 9.52. The van der Waals surface area contributed by atoms with Crippen LogP contribution in [0.2, 0.25) is 0 Å². The fourth-order valence-corrected chi connectivity index (χ4v) is 2.61. The van der Waals surface area contributed by atoms with E-state index in [1.807, 2.05) is 11.5 Å². The zero-order chi connectivity index (χ0) is 10.9. The van der Waals surface area contributed by atoms with Crippen LogP contribution < -0.4 is 0 Å². The predicted octanol–water partition coefficient (Wildman–Crippen LogP) is 3.39. The summed E-state index contributed by atoms with van der Waals surface area (Å²) in [5, 5.41) is 2.01. The molecule has 1 aliphatic heterocycles. The van der Waals surface area contributed by atoms with E-state index in [-0.39, 0.29) is 6.04 Å². The van der Waals surface area contributed by atoms with Gasteiger partial charge in [-0.2, -0.15) is 0 Å². The van der Waals surface area contributed by atoms with Crippen molar-refractivity contribution in [1.29, 1.82) is 0 Å². The van der Waals surface area contributed by atoms with E-state index >= 15 is 0 Å². The number of unbranched alkanes of at least 4 members (excludes halogenated alkanes) is 5. The molecule has 1 atom stereocenters. The van der Waals surface area contributed by atoms with Gasteiger partial charge in [0.1, 0.15) is 6.29 Å². The van der Waals surface area contributed by atoms with E-state index < -0.39 is 0 Å². The van der Waals surface area contributed by atoms with Gasteiger partial charge in [0.2, 0.25) is 0 Å². The van der Waals surface area contributed by atoms with Crippen molar-refractivity contribution in [2.24, 2.45) is 0 Å². The number of carbonyl (C=O) groups is 1. The summed E-state index contributed by atoms with van der Waals surface area (Å²) in [4.78, 5) is 10.7. The minimum Gasteiger partial charge on any atom is -0.301 e. The first-order valence-electron chi connectivity index (χ1n) is 5.94. The Morgan fingerprint density at radius 2 is 2.00 bits per heavy atom. The van der Waals surface area contributed by atoms with Crippen LogP contribution in [0.25, 0.3) is 0 Å². The third kappa shape index (κ3) is 4.85. The Kier molecular flexibility index (Phi) is 6.77. The molecule has 0 saturated heterocycles. The smallest absolute Gasteiger partial charge is 0.141 e. The third-order valence-corrected chi connectivity index (χ3v) is 3.65. The van der Waals surface area contributed by atoms with Crippen molar-refractivity contribution < 1.29 is 4.79 Å². The van der Waals surface area contributed by atoms with E-state index in [9.17, 15) is 4.79 Å². The molecule has 1 unspecified atom stereocenters. The van der Waals surface area contributed by atoms with Gasteiger partial charge in [-0.25, -0.2) is 4.31 Å². The van der Waals surface area contributed by atoms with Gasteiger partial charge >= 0.3 is 0 Å². The third-order valence-electron chi connectivity index (χ3n) is 2.68. The van der Waals surface area contributed by atoms with Crippen LogP contribution in [0.15, 0.2) is 11.5 Å². The normalized spacial score (nSPS) is 21.0. The fourth-order valence-electron chi connectivity index (χ4n) is 1.72. The van der Waals surface area contributed by atoms with Crippen LogP contribution in [0.5, 0.6) is 0 Å². The van der Waals surface area contributed by atoms with Crippen LogP contribution in [0.3, 0.4) is 0 Å². The maximum absolute atomic E-state index is 10.7. The number of aldehydes is 1. The van der Waals surface area contributed by atoms with Crippen LogP contribution in [0.1, 0.15) is 45.4 Å². The average Bonchev–Trinajstić information content (AvgIpc) is 2.70. The van der Waals surface area contributed by atoms with Gasteiger partial charge < -0.3 is 4.79 Å². The van der Waals surface area contributed by atoms with Gasteiger partial charge in [-0.05, 0) is 23.8 Å². The zero-order valence-corrected chi connectivity index (χ0v) is 10.3. The first kappa shape index (κ1) is 12.8. The Balaban J connectivity index is 1.98. The van der Waals surface area contributed by atoms with Crippen molar-refractivity contribution >= 4 is 18.2 Å². The average molecular weight is 227 g/mol. The SMILES string of the molecule is CCCCCCCCN1SC=CC1C=O. The van der Waals surface area contributed by atoms with Gasteiger partial charge in [-0.3, -0.25) is 0 Å². The molecule has 1 aliphatic rings. The second-order valence-corrected chi connectivity index (χ2v) is 4.92. The van der Waals surface area contributed by atoms with Gasteiger partial charge in [-0.1, -0.05) is 45.1 Å². The van der Waals surface area contributed by atoms with Crippen LogP contribution in [-0.2, 0) is 4.79 Å². The summed E-state index contributed by atoms with van der Waals surface area (Å²) in [5.41, 5.74) is 0. The minimum atomic E-state index is 0.0191. The topological polar surface area (TPSA) is 20.3 Å². The van der Waals surface area contributed by atoms with E-state index in [0.29, 0.717) is 0 Å². The molecule has 0 aromatic carbocycles. The van der Waals surface area contributed by atoms with Crippen LogP contribution in [0.4, 0.5) is 0 Å². The number of hydrogen-bond acceptors (Lipinski definition) is 3. The maximum atomic E-state index is 10.7. The summed E-state index contributed by atoms with van der Waals surface area (Å²) in [6, 6.07) is 0.0191. The summed E-state index contributed by atoms with van der Waals surface area (Å²) in [7, 11) is 0. The highest BCUT2D eigenvalue weighted by atomic mass is 32.2. The number of carbonyl (C=O) groups excluding carboxylic acids is 1. The van der Waals surface area contributed by atoms with Crippen molar-refractivity contribution in [3.05, 3.63) is 11.5 Å². The quantitative estimate of drug-likeness (QED) is 0.360. The predicted molar refractivity (Wildman–Crippen MR) is 66.7 cm³/mol. The number of hydrogen-bond donors (Lipinski definition) is 0. The van der Waals surface area contributed by atoms with Crippen LogP contribution in [0, 0.1) is 0 Å². The van der Waals surface area contributed by atoms with Crippen molar-refractivity contribution in [3.63, 3.8) is 0 Å². The molecule has 0 saturated carbocycles. The van der Waals surface area contributed by atoms with Gasteiger partial charge in [0, 0.05) is 6.54 Å². The molecule has 1 rings (SSSR count). The van der Waals surface area contributed by atoms with Crippen molar-refractivity contribution in [2.75, 3.05) is 6.54 Å². The van der Waals surface area contributed by atoms with Gasteiger partial charge in [0.05, 0.1) is 6.04 Å². The van der Waals surface area contributed by atoms with Gasteiger partial charge in [0.25, 0.3) is 0 Å². The Labute approximate surface area is 97.2 Å². The first-order valence-corrected chi connectivity index (χ1v) is 6.77.